The maximum absolute atomic E-state index is 17.0. The van der Waals surface area contributed by atoms with E-state index in [0.717, 1.165) is 69.3 Å². The summed E-state index contributed by atoms with van der Waals surface area (Å²) in [6.45, 7) is 8.81. The van der Waals surface area contributed by atoms with Gasteiger partial charge in [-0.3, -0.25) is 24.5 Å². The number of nitrogens with one attached hydrogen (secondary N) is 1. The first kappa shape index (κ1) is 49.9. The van der Waals surface area contributed by atoms with Crippen molar-refractivity contribution in [1.29, 1.82) is 0 Å². The minimum absolute atomic E-state index is 0.0510. The molecule has 1 N–H and O–H groups in total. The van der Waals surface area contributed by atoms with Gasteiger partial charge in [0.2, 0.25) is 11.8 Å². The molecule has 3 fully saturated rings. The molecule has 4 amide bonds. The van der Waals surface area contributed by atoms with Gasteiger partial charge in [-0.1, -0.05) is 55.1 Å². The normalized spacial score (nSPS) is 18.1. The third-order valence-corrected chi connectivity index (χ3v) is 14.0. The number of rotatable bonds is 18. The number of likely N-dealkylation sites (N-methyl/N-ethyl adjacent to an activating group) is 1. The molecular formula is C50H57Cl2F3N8O6. The quantitative estimate of drug-likeness (QED) is 0.0597. The summed E-state index contributed by atoms with van der Waals surface area (Å²) in [7, 11) is 3.78. The predicted octanol–water partition coefficient (Wildman–Crippen LogP) is 7.68. The van der Waals surface area contributed by atoms with E-state index in [1.807, 2.05) is 23.9 Å². The smallest absolute Gasteiger partial charge is 0.319 e. The molecule has 19 heteroatoms. The molecule has 8 rings (SSSR count). The number of hydrogen-bond donors (Lipinski definition) is 1. The second kappa shape index (κ2) is 22.1. The average Bonchev–Trinajstić information content (AvgIpc) is 3.64. The summed E-state index contributed by atoms with van der Waals surface area (Å²) in [6, 6.07) is 7.87. The van der Waals surface area contributed by atoms with Crippen molar-refractivity contribution in [1.82, 2.24) is 34.9 Å². The van der Waals surface area contributed by atoms with Crippen LogP contribution in [0.3, 0.4) is 0 Å². The number of halogens is 5. The van der Waals surface area contributed by atoms with Gasteiger partial charge in [0.15, 0.2) is 5.82 Å². The number of amides is 4. The van der Waals surface area contributed by atoms with Gasteiger partial charge in [0.05, 0.1) is 22.2 Å². The first-order valence-electron chi connectivity index (χ1n) is 23.6. The summed E-state index contributed by atoms with van der Waals surface area (Å²) >= 11 is 12.7. The SMILES string of the molecule is C=C(Cl)C(=O)N1CCN(c2nc(OCCN(C)C)nc3c(F)c(-c4c(F)cccc4OCCCCCCCN4CCC(c5cc(F)cc6c5CN(C5CCC(=O)NC5=O)C6=O)CC4)c(Cl)cc23)CC1. The molecule has 14 nitrogen and oxygen atoms in total. The number of benzene rings is 3. The molecule has 0 saturated carbocycles. The van der Waals surface area contributed by atoms with E-state index in [2.05, 4.69) is 26.8 Å². The van der Waals surface area contributed by atoms with E-state index in [9.17, 15) is 23.6 Å². The highest BCUT2D eigenvalue weighted by atomic mass is 35.5. The summed E-state index contributed by atoms with van der Waals surface area (Å²) in [4.78, 5) is 68.5. The van der Waals surface area contributed by atoms with Crippen LogP contribution in [0.1, 0.15) is 85.2 Å². The van der Waals surface area contributed by atoms with Gasteiger partial charge in [-0.25, -0.2) is 13.2 Å². The van der Waals surface area contributed by atoms with Crippen LogP contribution in [0.4, 0.5) is 19.0 Å². The van der Waals surface area contributed by atoms with Crippen molar-refractivity contribution in [2.45, 2.75) is 76.3 Å². The second-order valence-corrected chi connectivity index (χ2v) is 19.2. The number of aromatic nitrogens is 2. The molecule has 3 aromatic carbocycles. The third kappa shape index (κ3) is 11.3. The minimum Gasteiger partial charge on any atom is -0.493 e. The minimum atomic E-state index is -0.850. The Hall–Kier alpha value is -5.49. The van der Waals surface area contributed by atoms with Gasteiger partial charge in [0.25, 0.3) is 11.8 Å². The molecule has 0 aliphatic carbocycles. The lowest BCUT2D eigenvalue weighted by molar-refractivity contribution is -0.137. The van der Waals surface area contributed by atoms with E-state index in [1.54, 1.807) is 17.0 Å². The largest absolute Gasteiger partial charge is 0.493 e. The van der Waals surface area contributed by atoms with Crippen LogP contribution in [0.25, 0.3) is 22.0 Å². The zero-order chi connectivity index (χ0) is 48.9. The molecule has 4 aliphatic heterocycles. The number of likely N-dealkylation sites (tertiary alicyclic amines) is 1. The van der Waals surface area contributed by atoms with Gasteiger partial charge in [-0.05, 0) is 113 Å². The van der Waals surface area contributed by atoms with Gasteiger partial charge >= 0.3 is 6.01 Å². The molecule has 4 aliphatic rings. The molecule has 368 valence electrons. The number of piperazine rings is 1. The molecule has 69 heavy (non-hydrogen) atoms. The number of nitrogens with zero attached hydrogens (tertiary/aromatic N) is 7. The number of hydrogen-bond acceptors (Lipinski definition) is 11. The highest BCUT2D eigenvalue weighted by molar-refractivity contribution is 6.41. The standard InChI is InChI=1S/C50H57Cl2F3N8O6/c1-30(51)48(66)62-21-19-61(20-22-62)46-35-28-37(52)42(44(55)45(35)57-50(58-46)69-25-23-59(2)3)43-38(54)10-9-11-40(43)68-24-8-6-4-5-7-16-60-17-14-31(15-18-60)33-26-32(53)27-34-36(33)29-63(49(34)67)39-12-13-41(64)56-47(39)65/h9-11,26-28,31,39H,1,4-8,12-25,29H2,2-3H3,(H,56,64,65). The van der Waals surface area contributed by atoms with E-state index in [0.29, 0.717) is 55.9 Å². The summed E-state index contributed by atoms with van der Waals surface area (Å²) in [6.07, 6.45) is 6.59. The Labute approximate surface area is 409 Å². The molecule has 0 bridgehead atoms. The van der Waals surface area contributed by atoms with Gasteiger partial charge in [0.1, 0.15) is 41.4 Å². The van der Waals surface area contributed by atoms with Crippen LogP contribution in [0.2, 0.25) is 5.02 Å². The Bertz CT molecular complexity index is 2620. The lowest BCUT2D eigenvalue weighted by atomic mass is 9.85. The van der Waals surface area contributed by atoms with E-state index in [4.69, 9.17) is 32.7 Å². The van der Waals surface area contributed by atoms with E-state index >= 15 is 8.78 Å². The molecule has 4 aromatic rings. The Balaban J connectivity index is 0.843. The van der Waals surface area contributed by atoms with Crippen LogP contribution in [0, 0.1) is 17.5 Å². The van der Waals surface area contributed by atoms with Crippen molar-refractivity contribution < 1.29 is 41.8 Å². The molecule has 1 unspecified atom stereocenters. The van der Waals surface area contributed by atoms with E-state index in [1.165, 1.54) is 29.2 Å². The van der Waals surface area contributed by atoms with E-state index < -0.39 is 29.4 Å². The Morgan fingerprint density at radius 3 is 2.36 bits per heavy atom. The Kier molecular flexibility index (Phi) is 16.0. The zero-order valence-electron chi connectivity index (χ0n) is 38.9. The number of imide groups is 1. The highest BCUT2D eigenvalue weighted by Crippen LogP contribution is 2.44. The fourth-order valence-corrected chi connectivity index (χ4v) is 10.2. The molecule has 1 atom stereocenters. The third-order valence-electron chi connectivity index (χ3n) is 13.5. The summed E-state index contributed by atoms with van der Waals surface area (Å²) < 4.78 is 59.7. The predicted molar refractivity (Wildman–Crippen MR) is 257 cm³/mol. The molecule has 1 aromatic heterocycles. The Morgan fingerprint density at radius 2 is 1.64 bits per heavy atom. The van der Waals surface area contributed by atoms with Crippen LogP contribution in [0.15, 0.2) is 48.0 Å². The molecule has 0 spiro atoms. The zero-order valence-corrected chi connectivity index (χ0v) is 40.4. The van der Waals surface area contributed by atoms with Crippen molar-refractivity contribution in [2.24, 2.45) is 0 Å². The van der Waals surface area contributed by atoms with Crippen LogP contribution in [0.5, 0.6) is 11.8 Å². The van der Waals surface area contributed by atoms with E-state index in [-0.39, 0.29) is 94.7 Å². The maximum Gasteiger partial charge on any atom is 0.319 e. The maximum atomic E-state index is 17.0. The van der Waals surface area contributed by atoms with Crippen LogP contribution in [-0.4, -0.2) is 139 Å². The van der Waals surface area contributed by atoms with Crippen molar-refractivity contribution in [3.05, 3.63) is 87.2 Å². The summed E-state index contributed by atoms with van der Waals surface area (Å²) in [5, 5.41) is 2.49. The number of carbonyl (C=O) groups is 4. The number of piperidine rings is 2. The molecular weight excluding hydrogens is 936 g/mol. The summed E-state index contributed by atoms with van der Waals surface area (Å²) in [5.74, 6) is -2.98. The average molecular weight is 994 g/mol. The number of anilines is 1. The lowest BCUT2D eigenvalue weighted by Gasteiger charge is -2.35. The molecule has 3 saturated heterocycles. The fourth-order valence-electron chi connectivity index (χ4n) is 9.81. The Morgan fingerprint density at radius 1 is 0.899 bits per heavy atom. The van der Waals surface area contributed by atoms with Crippen LogP contribution in [-0.2, 0) is 20.9 Å². The first-order valence-corrected chi connectivity index (χ1v) is 24.4. The monoisotopic (exact) mass is 992 g/mol. The molecule has 5 heterocycles. The van der Waals surface area contributed by atoms with Gasteiger partial charge in [-0.2, -0.15) is 9.97 Å². The van der Waals surface area contributed by atoms with Crippen molar-refractivity contribution in [3.8, 4) is 22.9 Å². The van der Waals surface area contributed by atoms with Gasteiger partial charge in [-0.15, -0.1) is 0 Å². The van der Waals surface area contributed by atoms with Crippen molar-refractivity contribution >= 4 is 63.6 Å². The van der Waals surface area contributed by atoms with Gasteiger partial charge < -0.3 is 34.0 Å². The van der Waals surface area contributed by atoms with Gasteiger partial charge in [0, 0.05) is 62.2 Å². The second-order valence-electron chi connectivity index (χ2n) is 18.4. The number of fused-ring (bicyclic) bond motifs is 2. The molecule has 0 radical (unpaired) electrons. The van der Waals surface area contributed by atoms with Crippen LogP contribution >= 0.6 is 23.2 Å². The van der Waals surface area contributed by atoms with Crippen LogP contribution < -0.4 is 19.7 Å². The topological polar surface area (TPSA) is 141 Å². The number of ether oxygens (including phenoxy) is 2. The summed E-state index contributed by atoms with van der Waals surface area (Å²) in [5.41, 5.74) is 1.53. The highest BCUT2D eigenvalue weighted by Gasteiger charge is 2.41. The van der Waals surface area contributed by atoms with Crippen molar-refractivity contribution in [2.75, 3.05) is 84.6 Å². The number of carbonyl (C=O) groups excluding carboxylic acids is 4. The van der Waals surface area contributed by atoms with Crippen molar-refractivity contribution in [3.63, 3.8) is 0 Å². The lowest BCUT2D eigenvalue weighted by Crippen LogP contribution is -2.52. The fraction of sp³-hybridized carbons (Fsp3) is 0.480. The first-order chi connectivity index (χ1) is 33.2. The number of unbranched alkanes of at least 4 members (excludes halogenated alkanes) is 4.